The molecule has 11 N–H and O–H groups in total. The maximum absolute atomic E-state index is 12.8. The molecular formula is C128H183NO15S3. The molecule has 0 heterocycles. The number of aromatic hydroxyl groups is 6. The Morgan fingerprint density at radius 2 is 0.633 bits per heavy atom. The molecule has 17 aliphatic rings. The van der Waals surface area contributed by atoms with E-state index in [0.717, 1.165) is 216 Å². The summed E-state index contributed by atoms with van der Waals surface area (Å²) in [6.45, 7) is 63.5. The highest BCUT2D eigenvalue weighted by molar-refractivity contribution is 8.00. The monoisotopic (exact) mass is 2070 g/mol. The number of carboxylic acids is 1. The molecular weight excluding hydrogens is 1890 g/mol. The third-order valence-corrected chi connectivity index (χ3v) is 52.4. The SMILES string of the molecule is C.CC(=O)[C@]1(C)CC[C@]2(C)CC[C@]3(C)C4=CC(SCCC(=O)O)c5c(cc(O)c(O)c5C)[C@]4(C)CC[C@@]3(C)[C@@H]2C1.CC(=O)[C@]1(C)CC[C@]2(C)CC[C@]3(C)C4=CC(SCCN)c5c(cc(O)c(O)c5C)[C@]4(C)CC[C@@]3(C)[C@@H]2C1.CC(=O)[C@]1(C)CC[C@]2(C)CC[C@]3(C)C4=CC(SCCO)c5c(cc(O)c(O)c5C)[C@]4(C)CC[C@@]3(C)[C@@H]2C1.CC(=O)[C@]1(C)CC[C@]2(C)CC[C@]3(C)C4=CC=C5C(=CC(=O)C(O)=C5C)[C@]4(C)CC[C@@]3(C)[C@@H]2C1. The molecule has 3 aromatic rings. The molecule has 147 heavy (non-hydrogen) atoms. The predicted octanol–water partition coefficient (Wildman–Crippen LogP) is 30.4. The molecule has 808 valence electrons. The van der Waals surface area contributed by atoms with E-state index >= 15 is 0 Å². The van der Waals surface area contributed by atoms with Crippen LogP contribution in [-0.4, -0.2) is 111 Å². The van der Waals surface area contributed by atoms with Crippen LogP contribution in [0.2, 0.25) is 0 Å². The second-order valence-electron chi connectivity index (χ2n) is 55.8. The highest BCUT2D eigenvalue weighted by Crippen LogP contribution is 2.82. The summed E-state index contributed by atoms with van der Waals surface area (Å²) < 4.78 is 0. The standard InChI is InChI=1S/C33H46O5S.C32H47NO3S.C32H46O4S.C30H40O3.CH4/c1-19-27-21(16-22(35)28(19)38)31(5)12-14-33(7)25-18-30(4,20(2)34)10-9-29(25,3)11-13-32(33,6)24(31)17-23(27)39-15-8-26(36)37;2*1-19-26-21(16-22(35)27(19)36)30(5)11-13-32(7)25-18-29(4,20(2)34)9-8-28(25,3)10-12-31(32,6)24(30)17-23(26)37-15-14-33;1-18-20-8-9-23-28(5,21(20)16-22(32)25(18)33)13-15-30(7)24-17-27(4,19(2)31)11-10-26(24,3)12-14-29(23,30)6;/h16-17,23,25,35,38H,8-15,18H2,1-7H3,(H,36,37);16-17,23,25,35-36H,8-15,18,33H2,1-7H3;16-17,23,25,33,35-36H,8-15,18H2,1-7H3;8-9,16,24,33H,10-15,17H2,1-7H3;1H4/t23?,25-,29-,30-,31+,32-,33+;2*23?,25-,28-,29-,30+,31-,32+;24-,26-,27-,28+,29-,30+;/m1111./s1. The van der Waals surface area contributed by atoms with Gasteiger partial charge in [0.05, 0.1) is 13.0 Å². The Kier molecular flexibility index (Phi) is 28.6. The maximum Gasteiger partial charge on any atom is 0.304 e. The lowest BCUT2D eigenvalue weighted by atomic mass is 9.34. The van der Waals surface area contributed by atoms with E-state index in [1.54, 1.807) is 63.4 Å². The number of phenols is 6. The zero-order chi connectivity index (χ0) is 107. The lowest BCUT2D eigenvalue weighted by Gasteiger charge is -2.70. The van der Waals surface area contributed by atoms with Crippen LogP contribution in [0.5, 0.6) is 34.5 Å². The van der Waals surface area contributed by atoms with E-state index in [1.165, 1.54) is 47.1 Å². The zero-order valence-corrected chi connectivity index (χ0v) is 96.5. The fraction of sp³-hybridized carbons (Fsp3) is 0.703. The summed E-state index contributed by atoms with van der Waals surface area (Å²) in [6.07, 6.45) is 43.5. The number of allylic oxidation sites excluding steroid dienone is 10. The summed E-state index contributed by atoms with van der Waals surface area (Å²) in [4.78, 5) is 75.1. The van der Waals surface area contributed by atoms with Crippen molar-refractivity contribution in [1.29, 1.82) is 0 Å². The van der Waals surface area contributed by atoms with Crippen molar-refractivity contribution in [3.05, 3.63) is 149 Å². The van der Waals surface area contributed by atoms with Crippen LogP contribution in [0, 0.1) is 136 Å². The first kappa shape index (κ1) is 113. The summed E-state index contributed by atoms with van der Waals surface area (Å²) in [5.74, 6) is 3.79. The molecule has 3 unspecified atom stereocenters. The van der Waals surface area contributed by atoms with E-state index in [1.807, 2.05) is 51.6 Å². The Bertz CT molecular complexity index is 6000. The minimum absolute atomic E-state index is 0. The van der Waals surface area contributed by atoms with E-state index in [2.05, 4.69) is 169 Å². The largest absolute Gasteiger partial charge is 0.504 e. The lowest BCUT2D eigenvalue weighted by Crippen LogP contribution is -2.62. The second kappa shape index (κ2) is 37.3. The third kappa shape index (κ3) is 16.4. The van der Waals surface area contributed by atoms with Gasteiger partial charge in [-0.15, -0.1) is 35.3 Å². The van der Waals surface area contributed by atoms with Crippen molar-refractivity contribution in [2.24, 2.45) is 121 Å². The van der Waals surface area contributed by atoms with Crippen molar-refractivity contribution >= 4 is 70.2 Å². The van der Waals surface area contributed by atoms with Crippen LogP contribution in [0.4, 0.5) is 0 Å². The quantitative estimate of drug-likeness (QED) is 0.0530. The molecule has 19 heteroatoms. The number of hydrogen-bond acceptors (Lipinski definition) is 18. The fourth-order valence-corrected chi connectivity index (χ4v) is 40.3. The Morgan fingerprint density at radius 3 is 0.912 bits per heavy atom. The van der Waals surface area contributed by atoms with Gasteiger partial charge in [-0.3, -0.25) is 28.8 Å². The average Bonchev–Trinajstić information content (AvgIpc) is 0.682. The van der Waals surface area contributed by atoms with Crippen LogP contribution in [0.1, 0.15) is 433 Å². The molecule has 12 fully saturated rings. The Labute approximate surface area is 894 Å². The molecule has 0 aromatic heterocycles. The number of phenolic OH excluding ortho intramolecular Hbond substituents is 6. The van der Waals surface area contributed by atoms with E-state index in [4.69, 9.17) is 5.73 Å². The van der Waals surface area contributed by atoms with Crippen LogP contribution in [0.15, 0.2) is 99.4 Å². The summed E-state index contributed by atoms with van der Waals surface area (Å²) in [6, 6.07) is 5.46. The van der Waals surface area contributed by atoms with Gasteiger partial charge in [0, 0.05) is 88.4 Å². The number of hydrogen-bond donors (Lipinski definition) is 10. The maximum atomic E-state index is 12.8. The molecule has 16 nitrogen and oxygen atoms in total. The number of nitrogens with two attached hydrogens (primary N) is 1. The fourth-order valence-electron chi connectivity index (χ4n) is 36.8. The molecule has 0 bridgehead atoms. The lowest BCUT2D eigenvalue weighted by molar-refractivity contribution is -0.167. The van der Waals surface area contributed by atoms with Gasteiger partial charge in [-0.2, -0.15) is 0 Å². The summed E-state index contributed by atoms with van der Waals surface area (Å²) in [7, 11) is 0. The number of carbonyl (C=O) groups is 6. The Hall–Kier alpha value is -6.77. The predicted molar refractivity (Wildman–Crippen MR) is 599 cm³/mol. The first-order valence-corrected chi connectivity index (χ1v) is 59.1. The van der Waals surface area contributed by atoms with Gasteiger partial charge in [0.1, 0.15) is 23.1 Å². The van der Waals surface area contributed by atoms with Crippen molar-refractivity contribution in [3.63, 3.8) is 0 Å². The second-order valence-corrected chi connectivity index (χ2v) is 59.5. The van der Waals surface area contributed by atoms with Crippen molar-refractivity contribution in [2.75, 3.05) is 30.4 Å². The zero-order valence-electron chi connectivity index (χ0n) is 94.1. The van der Waals surface area contributed by atoms with Gasteiger partial charge >= 0.3 is 5.97 Å². The van der Waals surface area contributed by atoms with Gasteiger partial charge in [0.2, 0.25) is 5.78 Å². The molecule has 0 amide bonds. The summed E-state index contributed by atoms with van der Waals surface area (Å²) in [5, 5.41) is 93.6. The molecule has 0 radical (unpaired) electrons. The number of benzene rings is 3. The number of thioether (sulfide) groups is 3. The minimum atomic E-state index is -0.809. The average molecular weight is 2070 g/mol. The number of fused-ring (bicyclic) bond motifs is 28. The third-order valence-electron chi connectivity index (χ3n) is 48.9. The summed E-state index contributed by atoms with van der Waals surface area (Å²) >= 11 is 5.19. The molecule has 27 atom stereocenters. The van der Waals surface area contributed by atoms with Crippen LogP contribution < -0.4 is 5.73 Å². The van der Waals surface area contributed by atoms with Crippen LogP contribution in [-0.2, 0) is 45.0 Å². The van der Waals surface area contributed by atoms with Gasteiger partial charge in [0.25, 0.3) is 0 Å². The molecule has 17 aliphatic carbocycles. The first-order valence-electron chi connectivity index (χ1n) is 56.0. The van der Waals surface area contributed by atoms with Crippen molar-refractivity contribution in [3.8, 4) is 34.5 Å². The van der Waals surface area contributed by atoms with Crippen LogP contribution in [0.3, 0.4) is 0 Å². The van der Waals surface area contributed by atoms with Crippen LogP contribution in [0.25, 0.3) is 0 Å². The van der Waals surface area contributed by atoms with Crippen molar-refractivity contribution in [1.82, 2.24) is 0 Å². The summed E-state index contributed by atoms with van der Waals surface area (Å²) in [5.41, 5.74) is 23.0. The highest BCUT2D eigenvalue weighted by atomic mass is 32.2. The van der Waals surface area contributed by atoms with Gasteiger partial charge in [-0.25, -0.2) is 0 Å². The van der Waals surface area contributed by atoms with E-state index in [-0.39, 0.29) is 185 Å². The minimum Gasteiger partial charge on any atom is -0.504 e. The van der Waals surface area contributed by atoms with Crippen molar-refractivity contribution in [2.45, 2.75) is 419 Å². The number of ketones is 5. The number of rotatable bonds is 14. The highest BCUT2D eigenvalue weighted by Gasteiger charge is 2.74. The molecule has 12 saturated carbocycles. The topological polar surface area (TPSA) is 311 Å². The molecule has 0 spiro atoms. The van der Waals surface area contributed by atoms with Gasteiger partial charge < -0.3 is 51.7 Å². The number of carbonyl (C=O) groups excluding carboxylic acids is 5. The van der Waals surface area contributed by atoms with Crippen LogP contribution >= 0.6 is 35.3 Å². The van der Waals surface area contributed by atoms with Gasteiger partial charge in [0.15, 0.2) is 40.3 Å². The Morgan fingerprint density at radius 1 is 0.361 bits per heavy atom. The van der Waals surface area contributed by atoms with Crippen molar-refractivity contribution < 1.29 is 74.7 Å². The number of aliphatic carboxylic acids is 1. The molecule has 0 saturated heterocycles. The molecule has 0 aliphatic heterocycles. The smallest absolute Gasteiger partial charge is 0.304 e. The Balaban J connectivity index is 0.000000140. The number of Topliss-reactive ketones (excluding diaryl/α,β-unsaturated/α-hetero) is 4. The normalized spacial score (nSPS) is 42.8. The van der Waals surface area contributed by atoms with E-state index in [9.17, 15) is 74.7 Å². The van der Waals surface area contributed by atoms with Gasteiger partial charge in [-0.1, -0.05) is 199 Å². The van der Waals surface area contributed by atoms with E-state index in [0.29, 0.717) is 81.4 Å². The number of carboxylic acid groups (broad SMARTS) is 1. The van der Waals surface area contributed by atoms with E-state index < -0.39 is 5.97 Å². The molecule has 20 rings (SSSR count). The number of aliphatic hydroxyl groups is 2. The first-order chi connectivity index (χ1) is 67.6. The van der Waals surface area contributed by atoms with Gasteiger partial charge in [-0.05, 0) is 409 Å². The number of aliphatic hydroxyl groups excluding tert-OH is 2. The molecule has 3 aromatic carbocycles.